The minimum Gasteiger partial charge on any atom is -0.336 e. The summed E-state index contributed by atoms with van der Waals surface area (Å²) < 4.78 is 0. The number of anilines is 1. The Bertz CT molecular complexity index is 690. The topological polar surface area (TPSA) is 128 Å². The van der Waals surface area contributed by atoms with E-state index < -0.39 is 5.25 Å². The van der Waals surface area contributed by atoms with E-state index in [4.69, 9.17) is 5.41 Å². The Morgan fingerprint density at radius 2 is 2.12 bits per heavy atom. The number of amides is 3. The maximum Gasteiger partial charge on any atom is 0.245 e. The summed E-state index contributed by atoms with van der Waals surface area (Å²) in [6, 6.07) is 0. The molecule has 0 aromatic carbocycles. The normalized spacial score (nSPS) is 16.9. The van der Waals surface area contributed by atoms with Crippen LogP contribution in [0.15, 0.2) is 0 Å². The van der Waals surface area contributed by atoms with Gasteiger partial charge in [-0.3, -0.25) is 25.1 Å². The second kappa shape index (κ2) is 8.39. The molecular weight excluding hydrogens is 364 g/mol. The summed E-state index contributed by atoms with van der Waals surface area (Å²) in [4.78, 5) is 36.9. The number of nitrogens with zero attached hydrogens (tertiary/aromatic N) is 3. The average Bonchev–Trinajstić information content (AvgIpc) is 3.04. The first-order valence-electron chi connectivity index (χ1n) is 7.67. The van der Waals surface area contributed by atoms with Crippen LogP contribution in [0.25, 0.3) is 0 Å². The highest BCUT2D eigenvalue weighted by molar-refractivity contribution is 8.15. The van der Waals surface area contributed by atoms with Gasteiger partial charge in [-0.15, -0.1) is 10.2 Å². The molecule has 2 rings (SSSR count). The Morgan fingerprint density at radius 1 is 1.40 bits per heavy atom. The zero-order chi connectivity index (χ0) is 18.6. The molecular formula is C14H20N6O3S2. The number of aromatic nitrogens is 2. The molecule has 1 aliphatic rings. The molecule has 3 amide bonds. The summed E-state index contributed by atoms with van der Waals surface area (Å²) in [5.74, 6) is -0.616. The summed E-state index contributed by atoms with van der Waals surface area (Å²) in [7, 11) is 1.50. The van der Waals surface area contributed by atoms with Crippen molar-refractivity contribution in [3.8, 4) is 0 Å². The SMILES string of the molecule is CC(C)Cc1nnc(NC(=O)CN(C)C(=O)CC2SC(=N)NC2=O)s1. The fourth-order valence-electron chi connectivity index (χ4n) is 2.06. The van der Waals surface area contributed by atoms with Crippen molar-refractivity contribution in [1.82, 2.24) is 20.4 Å². The molecule has 2 heterocycles. The van der Waals surface area contributed by atoms with Gasteiger partial charge < -0.3 is 10.2 Å². The zero-order valence-electron chi connectivity index (χ0n) is 14.2. The third kappa shape index (κ3) is 5.78. The standard InChI is InChI=1S/C14H20N6O3S2/c1-7(2)4-10-18-19-14(25-10)16-9(21)6-20(3)11(22)5-8-12(23)17-13(15)24-8/h7-8H,4-6H2,1-3H3,(H2,15,17,23)(H,16,19,21). The summed E-state index contributed by atoms with van der Waals surface area (Å²) in [6.45, 7) is 4.00. The Morgan fingerprint density at radius 3 is 2.72 bits per heavy atom. The number of hydrogen-bond acceptors (Lipinski definition) is 8. The second-order valence-corrected chi connectivity index (χ2v) is 8.30. The molecule has 0 aliphatic carbocycles. The summed E-state index contributed by atoms with van der Waals surface area (Å²) in [5, 5.41) is 20.9. The van der Waals surface area contributed by atoms with Gasteiger partial charge >= 0.3 is 0 Å². The molecule has 1 atom stereocenters. The van der Waals surface area contributed by atoms with Gasteiger partial charge in [-0.1, -0.05) is 36.9 Å². The number of hydrogen-bond donors (Lipinski definition) is 3. The minimum absolute atomic E-state index is 0.0386. The van der Waals surface area contributed by atoms with Crippen molar-refractivity contribution in [1.29, 1.82) is 5.41 Å². The summed E-state index contributed by atoms with van der Waals surface area (Å²) >= 11 is 2.32. The van der Waals surface area contributed by atoms with Crippen LogP contribution in [0.4, 0.5) is 5.13 Å². The van der Waals surface area contributed by atoms with E-state index in [0.29, 0.717) is 11.0 Å². The van der Waals surface area contributed by atoms with E-state index >= 15 is 0 Å². The van der Waals surface area contributed by atoms with Crippen LogP contribution < -0.4 is 10.6 Å². The Hall–Kier alpha value is -2.01. The molecule has 11 heteroatoms. The molecule has 136 valence electrons. The largest absolute Gasteiger partial charge is 0.336 e. The first kappa shape index (κ1) is 19.3. The third-order valence-electron chi connectivity index (χ3n) is 3.25. The van der Waals surface area contributed by atoms with Crippen molar-refractivity contribution in [3.05, 3.63) is 5.01 Å². The fraction of sp³-hybridized carbons (Fsp3) is 0.571. The van der Waals surface area contributed by atoms with Crippen LogP contribution in [0.1, 0.15) is 25.3 Å². The van der Waals surface area contributed by atoms with Gasteiger partial charge in [0.25, 0.3) is 0 Å². The van der Waals surface area contributed by atoms with Gasteiger partial charge in [0.05, 0.1) is 6.54 Å². The van der Waals surface area contributed by atoms with Crippen molar-refractivity contribution < 1.29 is 14.4 Å². The van der Waals surface area contributed by atoms with Gasteiger partial charge in [-0.05, 0) is 5.92 Å². The molecule has 1 saturated heterocycles. The van der Waals surface area contributed by atoms with Crippen LogP contribution in [0, 0.1) is 11.3 Å². The molecule has 1 fully saturated rings. The molecule has 0 radical (unpaired) electrons. The predicted octanol–water partition coefficient (Wildman–Crippen LogP) is 0.690. The fourth-order valence-corrected chi connectivity index (χ4v) is 3.87. The molecule has 9 nitrogen and oxygen atoms in total. The average molecular weight is 384 g/mol. The van der Waals surface area contributed by atoms with E-state index in [9.17, 15) is 14.4 Å². The number of amidine groups is 1. The van der Waals surface area contributed by atoms with E-state index in [2.05, 4.69) is 34.7 Å². The van der Waals surface area contributed by atoms with Gasteiger partial charge in [-0.2, -0.15) is 0 Å². The lowest BCUT2D eigenvalue weighted by Gasteiger charge is -2.17. The number of carbonyl (C=O) groups is 3. The van der Waals surface area contributed by atoms with Crippen LogP contribution in [-0.4, -0.2) is 56.8 Å². The number of nitrogens with one attached hydrogen (secondary N) is 3. The van der Waals surface area contributed by atoms with E-state index in [1.807, 2.05) is 0 Å². The Kier molecular flexibility index (Phi) is 6.48. The summed E-state index contributed by atoms with van der Waals surface area (Å²) in [5.41, 5.74) is 0. The van der Waals surface area contributed by atoms with Gasteiger partial charge in [0.2, 0.25) is 22.9 Å². The van der Waals surface area contributed by atoms with Crippen LogP contribution in [0.2, 0.25) is 0 Å². The lowest BCUT2D eigenvalue weighted by molar-refractivity contribution is -0.134. The minimum atomic E-state index is -0.618. The smallest absolute Gasteiger partial charge is 0.245 e. The van der Waals surface area contributed by atoms with Gasteiger partial charge in [0, 0.05) is 19.9 Å². The molecule has 1 unspecified atom stereocenters. The molecule has 0 bridgehead atoms. The van der Waals surface area contributed by atoms with E-state index in [-0.39, 0.29) is 35.9 Å². The number of thioether (sulfide) groups is 1. The maximum atomic E-state index is 12.1. The highest BCUT2D eigenvalue weighted by Gasteiger charge is 2.32. The third-order valence-corrected chi connectivity index (χ3v) is 5.12. The predicted molar refractivity (Wildman–Crippen MR) is 96.6 cm³/mol. The van der Waals surface area contributed by atoms with E-state index in [0.717, 1.165) is 23.2 Å². The van der Waals surface area contributed by atoms with Crippen molar-refractivity contribution >= 4 is 51.1 Å². The first-order chi connectivity index (χ1) is 11.7. The second-order valence-electron chi connectivity index (χ2n) is 6.03. The number of carbonyl (C=O) groups excluding carboxylic acids is 3. The van der Waals surface area contributed by atoms with Crippen LogP contribution in [-0.2, 0) is 20.8 Å². The highest BCUT2D eigenvalue weighted by Crippen LogP contribution is 2.22. The summed E-state index contributed by atoms with van der Waals surface area (Å²) in [6.07, 6.45) is 0.738. The van der Waals surface area contributed by atoms with E-state index in [1.165, 1.54) is 23.3 Å². The number of rotatable bonds is 7. The van der Waals surface area contributed by atoms with Gasteiger partial charge in [0.15, 0.2) is 5.17 Å². The van der Waals surface area contributed by atoms with Gasteiger partial charge in [0.1, 0.15) is 10.3 Å². The number of likely N-dealkylation sites (N-methyl/N-ethyl adjacent to an activating group) is 1. The maximum absolute atomic E-state index is 12.1. The molecule has 1 aliphatic heterocycles. The highest BCUT2D eigenvalue weighted by atomic mass is 32.2. The lowest BCUT2D eigenvalue weighted by atomic mass is 10.1. The first-order valence-corrected chi connectivity index (χ1v) is 9.36. The zero-order valence-corrected chi connectivity index (χ0v) is 15.8. The quantitative estimate of drug-likeness (QED) is 0.634. The molecule has 25 heavy (non-hydrogen) atoms. The monoisotopic (exact) mass is 384 g/mol. The van der Waals surface area contributed by atoms with Crippen molar-refractivity contribution in [3.63, 3.8) is 0 Å². The van der Waals surface area contributed by atoms with Crippen molar-refractivity contribution in [2.45, 2.75) is 31.9 Å². The van der Waals surface area contributed by atoms with Crippen LogP contribution >= 0.6 is 23.1 Å². The van der Waals surface area contributed by atoms with Crippen LogP contribution in [0.3, 0.4) is 0 Å². The Labute approximate surface area is 153 Å². The van der Waals surface area contributed by atoms with Crippen molar-refractivity contribution in [2.24, 2.45) is 5.92 Å². The van der Waals surface area contributed by atoms with E-state index in [1.54, 1.807) is 0 Å². The van der Waals surface area contributed by atoms with Gasteiger partial charge in [-0.25, -0.2) is 0 Å². The molecule has 1 aromatic rings. The van der Waals surface area contributed by atoms with Crippen molar-refractivity contribution in [2.75, 3.05) is 18.9 Å². The lowest BCUT2D eigenvalue weighted by Crippen LogP contribution is -2.37. The molecule has 0 saturated carbocycles. The van der Waals surface area contributed by atoms with Crippen LogP contribution in [0.5, 0.6) is 0 Å². The molecule has 1 aromatic heterocycles. The Balaban J connectivity index is 1.81. The molecule has 3 N–H and O–H groups in total. The molecule has 0 spiro atoms.